The topological polar surface area (TPSA) is 66.6 Å². The molecular weight excluding hydrogens is 384 g/mol. The van der Waals surface area contributed by atoms with E-state index in [2.05, 4.69) is 37.3 Å². The second-order valence-corrected chi connectivity index (χ2v) is 8.25. The highest BCUT2D eigenvalue weighted by Gasteiger charge is 2.26. The fourth-order valence-corrected chi connectivity index (χ4v) is 4.64. The predicted octanol–water partition coefficient (Wildman–Crippen LogP) is 5.10. The van der Waals surface area contributed by atoms with Crippen LogP contribution >= 0.6 is 0 Å². The molecule has 0 aliphatic carbocycles. The number of aromatic hydroxyl groups is 1. The summed E-state index contributed by atoms with van der Waals surface area (Å²) in [6.07, 6.45) is 2.72. The molecule has 160 valence electrons. The van der Waals surface area contributed by atoms with E-state index in [0.717, 1.165) is 60.2 Å². The Labute approximate surface area is 184 Å². The van der Waals surface area contributed by atoms with Gasteiger partial charge in [0.05, 0.1) is 0 Å². The molecule has 1 amide bonds. The molecule has 3 aromatic carbocycles. The van der Waals surface area contributed by atoms with Crippen molar-refractivity contribution in [1.29, 1.82) is 0 Å². The summed E-state index contributed by atoms with van der Waals surface area (Å²) < 4.78 is 0. The van der Waals surface area contributed by atoms with Gasteiger partial charge in [0, 0.05) is 25.2 Å². The highest BCUT2D eigenvalue weighted by Crippen LogP contribution is 2.32. The van der Waals surface area contributed by atoms with Crippen molar-refractivity contribution >= 4 is 5.91 Å². The molecule has 0 radical (unpaired) electrons. The SMILES string of the molecule is CCc1c(C(=O)N2CCC(c3cccc(CN)c3)CC2)cccc1-c1ccc(O)cc1. The van der Waals surface area contributed by atoms with Gasteiger partial charge in [-0.1, -0.05) is 55.5 Å². The Morgan fingerprint density at radius 2 is 1.74 bits per heavy atom. The number of phenols is 1. The van der Waals surface area contributed by atoms with E-state index in [1.807, 2.05) is 29.2 Å². The summed E-state index contributed by atoms with van der Waals surface area (Å²) in [6.45, 7) is 4.18. The van der Waals surface area contributed by atoms with Gasteiger partial charge < -0.3 is 15.7 Å². The quantitative estimate of drug-likeness (QED) is 0.610. The normalized spacial score (nSPS) is 14.6. The van der Waals surface area contributed by atoms with Gasteiger partial charge in [-0.2, -0.15) is 0 Å². The summed E-state index contributed by atoms with van der Waals surface area (Å²) in [7, 11) is 0. The molecule has 1 fully saturated rings. The minimum Gasteiger partial charge on any atom is -0.508 e. The van der Waals surface area contributed by atoms with Crippen molar-refractivity contribution in [3.63, 3.8) is 0 Å². The van der Waals surface area contributed by atoms with Crippen molar-refractivity contribution in [1.82, 2.24) is 4.90 Å². The summed E-state index contributed by atoms with van der Waals surface area (Å²) in [5.74, 6) is 0.838. The minimum atomic E-state index is 0.117. The highest BCUT2D eigenvalue weighted by molar-refractivity contribution is 5.97. The van der Waals surface area contributed by atoms with Crippen LogP contribution in [0.3, 0.4) is 0 Å². The summed E-state index contributed by atoms with van der Waals surface area (Å²) in [5, 5.41) is 9.61. The maximum atomic E-state index is 13.4. The first-order valence-electron chi connectivity index (χ1n) is 11.1. The average Bonchev–Trinajstić information content (AvgIpc) is 2.83. The zero-order chi connectivity index (χ0) is 21.8. The number of carbonyl (C=O) groups excluding carboxylic acids is 1. The molecule has 1 aliphatic heterocycles. The Bertz CT molecular complexity index is 1050. The number of nitrogens with two attached hydrogens (primary N) is 1. The lowest BCUT2D eigenvalue weighted by Gasteiger charge is -2.33. The van der Waals surface area contributed by atoms with E-state index in [-0.39, 0.29) is 11.7 Å². The van der Waals surface area contributed by atoms with Crippen molar-refractivity contribution in [2.24, 2.45) is 5.73 Å². The Balaban J connectivity index is 1.52. The third-order valence-corrected chi connectivity index (χ3v) is 6.38. The van der Waals surface area contributed by atoms with Gasteiger partial charge in [-0.05, 0) is 71.2 Å². The van der Waals surface area contributed by atoms with Crippen LogP contribution in [0.4, 0.5) is 0 Å². The van der Waals surface area contributed by atoms with Gasteiger partial charge >= 0.3 is 0 Å². The van der Waals surface area contributed by atoms with Gasteiger partial charge in [-0.25, -0.2) is 0 Å². The third-order valence-electron chi connectivity index (χ3n) is 6.38. The molecule has 0 saturated carbocycles. The number of hydrogen-bond donors (Lipinski definition) is 2. The van der Waals surface area contributed by atoms with Crippen LogP contribution in [-0.2, 0) is 13.0 Å². The first-order chi connectivity index (χ1) is 15.1. The fourth-order valence-electron chi connectivity index (χ4n) is 4.64. The van der Waals surface area contributed by atoms with Gasteiger partial charge in [0.1, 0.15) is 5.75 Å². The van der Waals surface area contributed by atoms with E-state index in [9.17, 15) is 9.90 Å². The van der Waals surface area contributed by atoms with Crippen molar-refractivity contribution in [3.05, 3.63) is 89.0 Å². The van der Waals surface area contributed by atoms with Gasteiger partial charge in [0.2, 0.25) is 0 Å². The summed E-state index contributed by atoms with van der Waals surface area (Å²) in [4.78, 5) is 15.4. The first-order valence-corrected chi connectivity index (χ1v) is 11.1. The monoisotopic (exact) mass is 414 g/mol. The fraction of sp³-hybridized carbons (Fsp3) is 0.296. The Morgan fingerprint density at radius 3 is 2.42 bits per heavy atom. The summed E-state index contributed by atoms with van der Waals surface area (Å²) >= 11 is 0. The number of phenolic OH excluding ortho intramolecular Hbond substituents is 1. The third kappa shape index (κ3) is 4.49. The van der Waals surface area contributed by atoms with Crippen LogP contribution in [0.2, 0.25) is 0 Å². The summed E-state index contributed by atoms with van der Waals surface area (Å²) in [5.41, 5.74) is 12.2. The molecule has 4 nitrogen and oxygen atoms in total. The Hall–Kier alpha value is -3.11. The molecule has 31 heavy (non-hydrogen) atoms. The second kappa shape index (κ2) is 9.36. The molecule has 0 aromatic heterocycles. The van der Waals surface area contributed by atoms with E-state index in [4.69, 9.17) is 5.73 Å². The van der Waals surface area contributed by atoms with E-state index in [1.54, 1.807) is 12.1 Å². The lowest BCUT2D eigenvalue weighted by atomic mass is 9.88. The van der Waals surface area contributed by atoms with Crippen LogP contribution in [0.1, 0.15) is 52.7 Å². The Morgan fingerprint density at radius 1 is 1.03 bits per heavy atom. The average molecular weight is 415 g/mol. The molecule has 4 heteroatoms. The number of piperidine rings is 1. The maximum absolute atomic E-state index is 13.4. The molecule has 0 bridgehead atoms. The molecule has 0 unspecified atom stereocenters. The standard InChI is InChI=1S/C27H30N2O2/c1-2-24-25(21-9-11-23(30)12-10-21)7-4-8-26(24)27(31)29-15-13-20(14-16-29)22-6-3-5-19(17-22)18-28/h3-12,17,20,30H,2,13-16,18,28H2,1H3. The largest absolute Gasteiger partial charge is 0.508 e. The smallest absolute Gasteiger partial charge is 0.254 e. The van der Waals surface area contributed by atoms with E-state index >= 15 is 0 Å². The highest BCUT2D eigenvalue weighted by atomic mass is 16.3. The maximum Gasteiger partial charge on any atom is 0.254 e. The number of hydrogen-bond acceptors (Lipinski definition) is 3. The van der Waals surface area contributed by atoms with Crippen molar-refractivity contribution < 1.29 is 9.90 Å². The molecular formula is C27H30N2O2. The Kier molecular flexibility index (Phi) is 6.38. The zero-order valence-electron chi connectivity index (χ0n) is 18.1. The molecule has 3 aromatic rings. The molecule has 1 heterocycles. The number of benzene rings is 3. The van der Waals surface area contributed by atoms with Crippen LogP contribution in [0.5, 0.6) is 5.75 Å². The number of likely N-dealkylation sites (tertiary alicyclic amines) is 1. The molecule has 1 saturated heterocycles. The molecule has 3 N–H and O–H groups in total. The lowest BCUT2D eigenvalue weighted by Crippen LogP contribution is -2.38. The van der Waals surface area contributed by atoms with Gasteiger partial charge in [0.25, 0.3) is 5.91 Å². The molecule has 0 spiro atoms. The van der Waals surface area contributed by atoms with Crippen molar-refractivity contribution in [3.8, 4) is 16.9 Å². The number of amides is 1. The number of nitrogens with zero attached hydrogens (tertiary/aromatic N) is 1. The summed E-state index contributed by atoms with van der Waals surface area (Å²) in [6, 6.07) is 21.7. The van der Waals surface area contributed by atoms with Crippen LogP contribution in [-0.4, -0.2) is 29.0 Å². The van der Waals surface area contributed by atoms with Crippen LogP contribution < -0.4 is 5.73 Å². The molecule has 0 atom stereocenters. The van der Waals surface area contributed by atoms with Gasteiger partial charge in [-0.15, -0.1) is 0 Å². The van der Waals surface area contributed by atoms with E-state index < -0.39 is 0 Å². The van der Waals surface area contributed by atoms with E-state index in [1.165, 1.54) is 5.56 Å². The number of carbonyl (C=O) groups is 1. The van der Waals surface area contributed by atoms with E-state index in [0.29, 0.717) is 12.5 Å². The van der Waals surface area contributed by atoms with Gasteiger partial charge in [0.15, 0.2) is 0 Å². The molecule has 1 aliphatic rings. The van der Waals surface area contributed by atoms with Crippen LogP contribution in [0.25, 0.3) is 11.1 Å². The second-order valence-electron chi connectivity index (χ2n) is 8.25. The van der Waals surface area contributed by atoms with Crippen LogP contribution in [0, 0.1) is 0 Å². The number of rotatable bonds is 5. The van der Waals surface area contributed by atoms with Crippen LogP contribution in [0.15, 0.2) is 66.7 Å². The lowest BCUT2D eigenvalue weighted by molar-refractivity contribution is 0.0712. The van der Waals surface area contributed by atoms with Crippen molar-refractivity contribution in [2.45, 2.75) is 38.6 Å². The van der Waals surface area contributed by atoms with Gasteiger partial charge in [-0.3, -0.25) is 4.79 Å². The first kappa shape index (κ1) is 21.1. The van der Waals surface area contributed by atoms with Crippen molar-refractivity contribution in [2.75, 3.05) is 13.1 Å². The molecule has 4 rings (SSSR count). The predicted molar refractivity (Wildman–Crippen MR) is 125 cm³/mol. The zero-order valence-corrected chi connectivity index (χ0v) is 18.1. The minimum absolute atomic E-state index is 0.117.